The van der Waals surface area contributed by atoms with E-state index in [9.17, 15) is 10.1 Å². The molecule has 0 spiro atoms. The minimum absolute atomic E-state index is 0.128. The highest BCUT2D eigenvalue weighted by molar-refractivity contribution is 5.69. The Morgan fingerprint density at radius 1 is 1.45 bits per heavy atom. The Hall–Kier alpha value is -2.48. The van der Waals surface area contributed by atoms with Gasteiger partial charge in [-0.3, -0.25) is 10.1 Å². The molecule has 8 nitrogen and oxygen atoms in total. The van der Waals surface area contributed by atoms with Crippen LogP contribution in [0.1, 0.15) is 12.8 Å². The SMILES string of the molecule is CCOc1c(-c2nnc(CCN)o2)cccc1[N+](=O)[O-]. The van der Waals surface area contributed by atoms with Gasteiger partial charge in [-0.2, -0.15) is 0 Å². The number of nitrogens with zero attached hydrogens (tertiary/aromatic N) is 3. The van der Waals surface area contributed by atoms with E-state index in [2.05, 4.69) is 10.2 Å². The second-order valence-corrected chi connectivity index (χ2v) is 3.88. The molecule has 1 aromatic carbocycles. The Kier molecular flexibility index (Phi) is 4.26. The molecule has 0 radical (unpaired) electrons. The number of nitro groups is 1. The molecule has 1 aromatic heterocycles. The number of nitro benzene ring substituents is 1. The zero-order valence-electron chi connectivity index (χ0n) is 10.9. The molecule has 0 unspecified atom stereocenters. The number of hydrogen-bond acceptors (Lipinski definition) is 7. The molecule has 2 N–H and O–H groups in total. The first-order valence-corrected chi connectivity index (χ1v) is 6.10. The zero-order chi connectivity index (χ0) is 14.5. The molecule has 0 saturated carbocycles. The predicted octanol–water partition coefficient (Wildman–Crippen LogP) is 1.54. The molecule has 106 valence electrons. The Bertz CT molecular complexity index is 611. The van der Waals surface area contributed by atoms with E-state index >= 15 is 0 Å². The van der Waals surface area contributed by atoms with Crippen molar-refractivity contribution < 1.29 is 14.1 Å². The van der Waals surface area contributed by atoms with Crippen molar-refractivity contribution in [3.63, 3.8) is 0 Å². The van der Waals surface area contributed by atoms with Crippen LogP contribution >= 0.6 is 0 Å². The minimum Gasteiger partial charge on any atom is -0.487 e. The topological polar surface area (TPSA) is 117 Å². The summed E-state index contributed by atoms with van der Waals surface area (Å²) >= 11 is 0. The molecule has 1 heterocycles. The Labute approximate surface area is 114 Å². The van der Waals surface area contributed by atoms with Crippen molar-refractivity contribution in [2.75, 3.05) is 13.2 Å². The van der Waals surface area contributed by atoms with Gasteiger partial charge >= 0.3 is 5.69 Å². The van der Waals surface area contributed by atoms with Gasteiger partial charge in [-0.1, -0.05) is 6.07 Å². The average molecular weight is 278 g/mol. The van der Waals surface area contributed by atoms with Gasteiger partial charge in [0.25, 0.3) is 5.89 Å². The fourth-order valence-electron chi connectivity index (χ4n) is 1.72. The molecule has 0 aliphatic rings. The summed E-state index contributed by atoms with van der Waals surface area (Å²) in [5.74, 6) is 0.694. The third-order valence-electron chi connectivity index (χ3n) is 2.54. The molecule has 0 atom stereocenters. The summed E-state index contributed by atoms with van der Waals surface area (Å²) in [7, 11) is 0. The van der Waals surface area contributed by atoms with Crippen molar-refractivity contribution >= 4 is 5.69 Å². The molecule has 2 aromatic rings. The third-order valence-corrected chi connectivity index (χ3v) is 2.54. The highest BCUT2D eigenvalue weighted by Crippen LogP contribution is 2.37. The van der Waals surface area contributed by atoms with Gasteiger partial charge in [0.15, 0.2) is 0 Å². The first-order valence-electron chi connectivity index (χ1n) is 6.10. The van der Waals surface area contributed by atoms with E-state index in [4.69, 9.17) is 14.9 Å². The Morgan fingerprint density at radius 3 is 2.90 bits per heavy atom. The minimum atomic E-state index is -0.508. The van der Waals surface area contributed by atoms with Gasteiger partial charge < -0.3 is 14.9 Å². The van der Waals surface area contributed by atoms with Crippen molar-refractivity contribution in [1.29, 1.82) is 0 Å². The summed E-state index contributed by atoms with van der Waals surface area (Å²) in [6.07, 6.45) is 0.450. The fourth-order valence-corrected chi connectivity index (χ4v) is 1.72. The van der Waals surface area contributed by atoms with E-state index in [1.165, 1.54) is 6.07 Å². The zero-order valence-corrected chi connectivity index (χ0v) is 10.9. The van der Waals surface area contributed by atoms with E-state index in [0.29, 0.717) is 31.0 Å². The fraction of sp³-hybridized carbons (Fsp3) is 0.333. The number of benzene rings is 1. The van der Waals surface area contributed by atoms with Crippen LogP contribution in [0.4, 0.5) is 5.69 Å². The van der Waals surface area contributed by atoms with Crippen LogP contribution in [0.5, 0.6) is 5.75 Å². The van der Waals surface area contributed by atoms with Crippen LogP contribution in [0.15, 0.2) is 22.6 Å². The van der Waals surface area contributed by atoms with Gasteiger partial charge in [-0.15, -0.1) is 10.2 Å². The van der Waals surface area contributed by atoms with Crippen molar-refractivity contribution in [2.45, 2.75) is 13.3 Å². The summed E-state index contributed by atoms with van der Waals surface area (Å²) < 4.78 is 10.8. The molecule has 2 rings (SSSR count). The highest BCUT2D eigenvalue weighted by Gasteiger charge is 2.23. The first-order chi connectivity index (χ1) is 9.67. The Balaban J connectivity index is 2.48. The van der Waals surface area contributed by atoms with Crippen LogP contribution in [-0.2, 0) is 6.42 Å². The van der Waals surface area contributed by atoms with Crippen molar-refractivity contribution in [3.05, 3.63) is 34.2 Å². The number of hydrogen-bond donors (Lipinski definition) is 1. The quantitative estimate of drug-likeness (QED) is 0.629. The van der Waals surface area contributed by atoms with Crippen molar-refractivity contribution in [3.8, 4) is 17.2 Å². The van der Waals surface area contributed by atoms with Gasteiger partial charge in [0.1, 0.15) is 0 Å². The van der Waals surface area contributed by atoms with Gasteiger partial charge in [-0.25, -0.2) is 0 Å². The molecule has 0 aliphatic carbocycles. The van der Waals surface area contributed by atoms with Gasteiger partial charge in [0, 0.05) is 19.0 Å². The number of nitrogens with two attached hydrogens (primary N) is 1. The molecule has 0 amide bonds. The van der Waals surface area contributed by atoms with E-state index < -0.39 is 4.92 Å². The number of para-hydroxylation sites is 1. The normalized spacial score (nSPS) is 10.5. The first kappa shape index (κ1) is 13.9. The van der Waals surface area contributed by atoms with Gasteiger partial charge in [-0.05, 0) is 13.0 Å². The molecule has 0 bridgehead atoms. The lowest BCUT2D eigenvalue weighted by molar-refractivity contribution is -0.385. The lowest BCUT2D eigenvalue weighted by Crippen LogP contribution is -2.02. The average Bonchev–Trinajstić information content (AvgIpc) is 2.88. The van der Waals surface area contributed by atoms with Crippen LogP contribution < -0.4 is 10.5 Å². The second-order valence-electron chi connectivity index (χ2n) is 3.88. The standard InChI is InChI=1S/C12H14N4O4/c1-2-19-11-8(4-3-5-9(11)16(17)18)12-15-14-10(20-12)6-7-13/h3-5H,2,6-7,13H2,1H3. The summed E-state index contributed by atoms with van der Waals surface area (Å²) in [6.45, 7) is 2.42. The lowest BCUT2D eigenvalue weighted by Gasteiger charge is -2.07. The smallest absolute Gasteiger partial charge is 0.311 e. The predicted molar refractivity (Wildman–Crippen MR) is 70.3 cm³/mol. The number of aromatic nitrogens is 2. The third kappa shape index (κ3) is 2.75. The molecule has 20 heavy (non-hydrogen) atoms. The van der Waals surface area contributed by atoms with E-state index in [-0.39, 0.29) is 17.3 Å². The summed E-state index contributed by atoms with van der Waals surface area (Å²) in [6, 6.07) is 4.55. The van der Waals surface area contributed by atoms with Crippen LogP contribution in [0, 0.1) is 10.1 Å². The maximum absolute atomic E-state index is 11.0. The largest absolute Gasteiger partial charge is 0.487 e. The Morgan fingerprint density at radius 2 is 2.25 bits per heavy atom. The van der Waals surface area contributed by atoms with Gasteiger partial charge in [0.05, 0.1) is 17.1 Å². The molecule has 0 aliphatic heterocycles. The van der Waals surface area contributed by atoms with Crippen LogP contribution in [0.2, 0.25) is 0 Å². The number of rotatable bonds is 6. The van der Waals surface area contributed by atoms with Crippen LogP contribution in [-0.4, -0.2) is 28.3 Å². The second kappa shape index (κ2) is 6.11. The van der Waals surface area contributed by atoms with E-state index in [1.54, 1.807) is 19.1 Å². The molecule has 0 saturated heterocycles. The maximum Gasteiger partial charge on any atom is 0.311 e. The number of ether oxygens (including phenoxy) is 1. The molecule has 0 fully saturated rings. The summed E-state index contributed by atoms with van der Waals surface area (Å²) in [5.41, 5.74) is 5.67. The van der Waals surface area contributed by atoms with Crippen LogP contribution in [0.3, 0.4) is 0 Å². The lowest BCUT2D eigenvalue weighted by atomic mass is 10.1. The van der Waals surface area contributed by atoms with Gasteiger partial charge in [0.2, 0.25) is 11.6 Å². The highest BCUT2D eigenvalue weighted by atomic mass is 16.6. The van der Waals surface area contributed by atoms with Crippen molar-refractivity contribution in [2.24, 2.45) is 5.73 Å². The molecular weight excluding hydrogens is 264 g/mol. The summed E-state index contributed by atoms with van der Waals surface area (Å²) in [5, 5.41) is 18.7. The van der Waals surface area contributed by atoms with E-state index in [1.807, 2.05) is 0 Å². The van der Waals surface area contributed by atoms with Crippen molar-refractivity contribution in [1.82, 2.24) is 10.2 Å². The maximum atomic E-state index is 11.0. The monoisotopic (exact) mass is 278 g/mol. The summed E-state index contributed by atoms with van der Waals surface area (Å²) in [4.78, 5) is 10.5. The van der Waals surface area contributed by atoms with Crippen LogP contribution in [0.25, 0.3) is 11.5 Å². The van der Waals surface area contributed by atoms with E-state index in [0.717, 1.165) is 0 Å². The molecule has 8 heteroatoms. The molecular formula is C12H14N4O4.